The van der Waals surface area contributed by atoms with Gasteiger partial charge in [-0.2, -0.15) is 0 Å². The molecule has 0 saturated heterocycles. The van der Waals surface area contributed by atoms with Gasteiger partial charge in [0.05, 0.1) is 0 Å². The zero-order chi connectivity index (χ0) is 16.0. The number of nitrogens with two attached hydrogens (primary N) is 1. The number of aliphatic carboxylic acids is 1. The summed E-state index contributed by atoms with van der Waals surface area (Å²) in [7, 11) is 0. The maximum absolute atomic E-state index is 10.4. The highest BCUT2D eigenvalue weighted by atomic mass is 16.5. The highest BCUT2D eigenvalue weighted by Gasteiger charge is 2.09. The molecule has 120 valence electrons. The maximum Gasteiger partial charge on any atom is 0.303 e. The van der Waals surface area contributed by atoms with E-state index < -0.39 is 12.2 Å². The van der Waals surface area contributed by atoms with Gasteiger partial charge in [0.2, 0.25) is 0 Å². The van der Waals surface area contributed by atoms with Gasteiger partial charge in [-0.1, -0.05) is 20.8 Å². The van der Waals surface area contributed by atoms with Crippen molar-refractivity contribution in [2.45, 2.75) is 65.6 Å². The molecule has 0 aliphatic heterocycles. The molecule has 0 aliphatic rings. The Labute approximate surface area is 122 Å². The Bertz CT molecular complexity index is 249. The Balaban J connectivity index is 0. The topological polar surface area (TPSA) is 102 Å². The summed E-state index contributed by atoms with van der Waals surface area (Å²) < 4.78 is 4.59. The van der Waals surface area contributed by atoms with E-state index in [4.69, 9.17) is 10.8 Å². The van der Waals surface area contributed by atoms with E-state index in [9.17, 15) is 9.59 Å². The first kappa shape index (κ1) is 21.2. The summed E-state index contributed by atoms with van der Waals surface area (Å²) in [5.41, 5.74) is 5.52. The Hall–Kier alpha value is -1.14. The lowest BCUT2D eigenvalue weighted by Gasteiger charge is -2.18. The van der Waals surface area contributed by atoms with E-state index >= 15 is 0 Å². The van der Waals surface area contributed by atoms with Gasteiger partial charge in [0.15, 0.2) is 6.23 Å². The summed E-state index contributed by atoms with van der Waals surface area (Å²) in [5.74, 6) is -0.435. The van der Waals surface area contributed by atoms with Gasteiger partial charge in [-0.3, -0.25) is 15.3 Å². The average molecular weight is 290 g/mol. The van der Waals surface area contributed by atoms with Crippen molar-refractivity contribution >= 4 is 12.4 Å². The van der Waals surface area contributed by atoms with E-state index in [1.54, 1.807) is 0 Å². The summed E-state index contributed by atoms with van der Waals surface area (Å²) >= 11 is 0. The molecule has 6 heteroatoms. The zero-order valence-corrected chi connectivity index (χ0v) is 13.1. The van der Waals surface area contributed by atoms with Crippen molar-refractivity contribution in [1.29, 1.82) is 0 Å². The number of hydrogen-bond acceptors (Lipinski definition) is 5. The average Bonchev–Trinajstić information content (AvgIpc) is 2.43. The molecule has 0 amide bonds. The molecule has 0 aromatic carbocycles. The fourth-order valence-electron chi connectivity index (χ4n) is 1.53. The van der Waals surface area contributed by atoms with Crippen molar-refractivity contribution in [3.05, 3.63) is 0 Å². The van der Waals surface area contributed by atoms with E-state index in [0.29, 0.717) is 25.2 Å². The Morgan fingerprint density at radius 1 is 1.30 bits per heavy atom. The third-order valence-corrected chi connectivity index (χ3v) is 2.78. The lowest BCUT2D eigenvalue weighted by atomic mass is 10.0. The van der Waals surface area contributed by atoms with E-state index in [0.717, 1.165) is 13.0 Å². The van der Waals surface area contributed by atoms with Crippen molar-refractivity contribution in [2.24, 2.45) is 11.7 Å². The molecular formula is C14H30N2O4. The number of carboxylic acids is 1. The molecular weight excluding hydrogens is 260 g/mol. The highest BCUT2D eigenvalue weighted by molar-refractivity contribution is 5.66. The number of carboxylic acid groups (broad SMARTS) is 1. The Morgan fingerprint density at radius 3 is 2.40 bits per heavy atom. The summed E-state index contributed by atoms with van der Waals surface area (Å²) in [4.78, 5) is 20.4. The molecule has 0 aromatic heterocycles. The van der Waals surface area contributed by atoms with Gasteiger partial charge in [0.1, 0.15) is 0 Å². The van der Waals surface area contributed by atoms with Gasteiger partial charge in [0, 0.05) is 12.5 Å². The predicted molar refractivity (Wildman–Crippen MR) is 79.2 cm³/mol. The van der Waals surface area contributed by atoms with Gasteiger partial charge in [-0.15, -0.1) is 0 Å². The fourth-order valence-corrected chi connectivity index (χ4v) is 1.53. The highest BCUT2D eigenvalue weighted by Crippen LogP contribution is 2.06. The van der Waals surface area contributed by atoms with Gasteiger partial charge in [-0.25, -0.2) is 0 Å². The first-order chi connectivity index (χ1) is 9.45. The third-order valence-electron chi connectivity index (χ3n) is 2.78. The van der Waals surface area contributed by atoms with Crippen LogP contribution in [-0.4, -0.2) is 36.4 Å². The summed E-state index contributed by atoms with van der Waals surface area (Å²) in [6, 6.07) is 0.263. The predicted octanol–water partition coefficient (Wildman–Crippen LogP) is 1.73. The molecule has 0 rings (SSSR count). The molecule has 0 radical (unpaired) electrons. The smallest absolute Gasteiger partial charge is 0.303 e. The van der Waals surface area contributed by atoms with Gasteiger partial charge in [-0.05, 0) is 38.6 Å². The first-order valence-corrected chi connectivity index (χ1v) is 7.25. The Kier molecular flexibility index (Phi) is 15.1. The van der Waals surface area contributed by atoms with Crippen LogP contribution in [0.25, 0.3) is 0 Å². The van der Waals surface area contributed by atoms with Crippen molar-refractivity contribution in [1.82, 2.24) is 5.32 Å². The van der Waals surface area contributed by atoms with Crippen LogP contribution in [0.3, 0.4) is 0 Å². The van der Waals surface area contributed by atoms with Crippen molar-refractivity contribution in [3.8, 4) is 0 Å². The second-order valence-corrected chi connectivity index (χ2v) is 4.69. The van der Waals surface area contributed by atoms with Crippen LogP contribution in [0.2, 0.25) is 0 Å². The summed E-state index contributed by atoms with van der Waals surface area (Å²) in [5, 5.41) is 11.9. The van der Waals surface area contributed by atoms with Crippen LogP contribution < -0.4 is 11.1 Å². The maximum atomic E-state index is 10.4. The normalized spacial score (nSPS) is 14.4. The van der Waals surface area contributed by atoms with Crippen molar-refractivity contribution < 1.29 is 19.4 Å². The van der Waals surface area contributed by atoms with Gasteiger partial charge in [0.25, 0.3) is 6.47 Å². The number of rotatable bonds is 11. The fraction of sp³-hybridized carbons (Fsp3) is 0.857. The second kappa shape index (κ2) is 14.3. The van der Waals surface area contributed by atoms with Crippen LogP contribution in [0.4, 0.5) is 0 Å². The molecule has 3 unspecified atom stereocenters. The molecule has 0 spiro atoms. The molecule has 6 nitrogen and oxygen atoms in total. The molecule has 0 fully saturated rings. The minimum absolute atomic E-state index is 0.204. The first-order valence-electron chi connectivity index (χ1n) is 7.25. The molecule has 0 aromatic rings. The monoisotopic (exact) mass is 290 g/mol. The number of ether oxygens (including phenoxy) is 1. The largest absolute Gasteiger partial charge is 0.481 e. The standard InChI is InChI=1S/C12H24N2O4.C2H6/c1-9(3-6-12(16)17)7-14-10(2)4-5-11(13)18-8-15;1-2/h8-11,14H,3-7,13H2,1-2H3,(H,16,17);1-2H3. The van der Waals surface area contributed by atoms with Crippen LogP contribution in [0.5, 0.6) is 0 Å². The summed E-state index contributed by atoms with van der Waals surface area (Å²) in [6.07, 6.45) is 1.74. The number of carbonyl (C=O) groups excluding carboxylic acids is 1. The van der Waals surface area contributed by atoms with E-state index in [1.807, 2.05) is 27.7 Å². The van der Waals surface area contributed by atoms with E-state index in [-0.39, 0.29) is 12.5 Å². The number of hydrogen-bond donors (Lipinski definition) is 3. The lowest BCUT2D eigenvalue weighted by Crippen LogP contribution is -2.33. The molecule has 0 saturated carbocycles. The molecule has 0 aliphatic carbocycles. The molecule has 4 N–H and O–H groups in total. The van der Waals surface area contributed by atoms with Crippen molar-refractivity contribution in [2.75, 3.05) is 6.54 Å². The summed E-state index contributed by atoms with van der Waals surface area (Å²) in [6.45, 7) is 9.18. The lowest BCUT2D eigenvalue weighted by molar-refractivity contribution is -0.137. The quantitative estimate of drug-likeness (QED) is 0.395. The van der Waals surface area contributed by atoms with Crippen LogP contribution >= 0.6 is 0 Å². The second-order valence-electron chi connectivity index (χ2n) is 4.69. The van der Waals surface area contributed by atoms with Crippen LogP contribution in [0.1, 0.15) is 53.4 Å². The molecule has 0 heterocycles. The molecule has 0 bridgehead atoms. The van der Waals surface area contributed by atoms with Gasteiger partial charge >= 0.3 is 5.97 Å². The minimum atomic E-state index is -0.758. The van der Waals surface area contributed by atoms with Crippen molar-refractivity contribution in [3.63, 3.8) is 0 Å². The van der Waals surface area contributed by atoms with Crippen LogP contribution in [0, 0.1) is 5.92 Å². The Morgan fingerprint density at radius 2 is 1.90 bits per heavy atom. The van der Waals surface area contributed by atoms with E-state index in [2.05, 4.69) is 10.1 Å². The van der Waals surface area contributed by atoms with Crippen LogP contribution in [0.15, 0.2) is 0 Å². The molecule has 3 atom stereocenters. The SMILES string of the molecule is CC.CC(CCC(=O)O)CNC(C)CCC(N)OC=O. The van der Waals surface area contributed by atoms with Gasteiger partial charge < -0.3 is 15.2 Å². The number of carbonyl (C=O) groups is 2. The molecule has 20 heavy (non-hydrogen) atoms. The third kappa shape index (κ3) is 14.9. The van der Waals surface area contributed by atoms with Crippen LogP contribution in [-0.2, 0) is 14.3 Å². The minimum Gasteiger partial charge on any atom is -0.481 e. The van der Waals surface area contributed by atoms with E-state index in [1.165, 1.54) is 0 Å². The zero-order valence-electron chi connectivity index (χ0n) is 13.1. The number of nitrogens with one attached hydrogen (secondary N) is 1.